The van der Waals surface area contributed by atoms with Gasteiger partial charge in [0.2, 0.25) is 0 Å². The SMILES string of the molecule is C=C(COCCOCCC[Si](C)(O[Si](C)(C)C)O[Si](C)(C)C)C(=O)OCC. The first kappa shape index (κ1) is 26.7. The molecule has 0 radical (unpaired) electrons. The van der Waals surface area contributed by atoms with E-state index >= 15 is 0 Å². The Balaban J connectivity index is 4.07. The third kappa shape index (κ3) is 15.3. The second-order valence-corrected chi connectivity index (χ2v) is 21.5. The van der Waals surface area contributed by atoms with Gasteiger partial charge in [-0.1, -0.05) is 6.58 Å². The summed E-state index contributed by atoms with van der Waals surface area (Å²) >= 11 is 0. The summed E-state index contributed by atoms with van der Waals surface area (Å²) in [6.07, 6.45) is 0.910. The zero-order valence-electron chi connectivity index (χ0n) is 18.6. The highest BCUT2D eigenvalue weighted by Gasteiger charge is 2.39. The maximum Gasteiger partial charge on any atom is 0.335 e. The van der Waals surface area contributed by atoms with Crippen LogP contribution >= 0.6 is 0 Å². The summed E-state index contributed by atoms with van der Waals surface area (Å²) in [7, 11) is -5.49. The normalized spacial score (nSPS) is 12.9. The first-order valence-corrected chi connectivity index (χ1v) is 19.0. The lowest BCUT2D eigenvalue weighted by Gasteiger charge is -2.38. The van der Waals surface area contributed by atoms with Crippen LogP contribution in [0, 0.1) is 0 Å². The Morgan fingerprint density at radius 2 is 1.37 bits per heavy atom. The molecule has 0 aromatic heterocycles. The van der Waals surface area contributed by atoms with Gasteiger partial charge >= 0.3 is 14.5 Å². The minimum atomic E-state index is -2.18. The monoisotopic (exact) mass is 436 g/mol. The van der Waals surface area contributed by atoms with E-state index in [1.54, 1.807) is 6.92 Å². The van der Waals surface area contributed by atoms with E-state index in [2.05, 4.69) is 52.4 Å². The van der Waals surface area contributed by atoms with Crippen molar-refractivity contribution in [1.29, 1.82) is 0 Å². The molecular weight excluding hydrogens is 396 g/mol. The number of ether oxygens (including phenoxy) is 3. The molecule has 0 N–H and O–H groups in total. The first-order valence-electron chi connectivity index (χ1n) is 9.69. The maximum atomic E-state index is 11.4. The van der Waals surface area contributed by atoms with Crippen LogP contribution in [-0.4, -0.2) is 64.2 Å². The van der Waals surface area contributed by atoms with Gasteiger partial charge in [0.1, 0.15) is 0 Å². The third-order valence-corrected chi connectivity index (χ3v) is 12.8. The molecule has 0 bridgehead atoms. The summed E-state index contributed by atoms with van der Waals surface area (Å²) in [6, 6.07) is 0.933. The van der Waals surface area contributed by atoms with Crippen molar-refractivity contribution in [2.75, 3.05) is 33.0 Å². The Bertz CT molecular complexity index is 441. The second kappa shape index (κ2) is 12.3. The smallest absolute Gasteiger partial charge is 0.335 e. The fraction of sp³-hybridized carbons (Fsp3) is 0.833. The van der Waals surface area contributed by atoms with Crippen molar-refractivity contribution in [1.82, 2.24) is 0 Å². The Kier molecular flexibility index (Phi) is 12.2. The van der Waals surface area contributed by atoms with Crippen LogP contribution in [0.2, 0.25) is 51.9 Å². The molecule has 0 unspecified atom stereocenters. The van der Waals surface area contributed by atoms with Gasteiger partial charge in [-0.3, -0.25) is 0 Å². The largest absolute Gasteiger partial charge is 0.463 e. The molecule has 9 heteroatoms. The van der Waals surface area contributed by atoms with Crippen molar-refractivity contribution in [3.8, 4) is 0 Å². The molecule has 0 atom stereocenters. The zero-order chi connectivity index (χ0) is 21.1. The zero-order valence-corrected chi connectivity index (χ0v) is 21.6. The van der Waals surface area contributed by atoms with Gasteiger partial charge in [0.15, 0.2) is 16.6 Å². The summed E-state index contributed by atoms with van der Waals surface area (Å²) in [6.45, 7) is 22.9. The van der Waals surface area contributed by atoms with Crippen LogP contribution in [0.4, 0.5) is 0 Å². The molecule has 0 fully saturated rings. The fourth-order valence-corrected chi connectivity index (χ4v) is 15.1. The maximum absolute atomic E-state index is 11.4. The molecule has 0 aromatic carbocycles. The lowest BCUT2D eigenvalue weighted by atomic mass is 10.3. The van der Waals surface area contributed by atoms with Crippen LogP contribution in [0.25, 0.3) is 0 Å². The van der Waals surface area contributed by atoms with Crippen LogP contribution in [0.15, 0.2) is 12.2 Å². The van der Waals surface area contributed by atoms with E-state index in [1.165, 1.54) is 0 Å². The highest BCUT2D eigenvalue weighted by Crippen LogP contribution is 2.25. The van der Waals surface area contributed by atoms with E-state index in [4.69, 9.17) is 22.4 Å². The van der Waals surface area contributed by atoms with E-state index in [1.807, 2.05) is 0 Å². The number of rotatable bonds is 15. The lowest BCUT2D eigenvalue weighted by molar-refractivity contribution is -0.139. The molecule has 0 aromatic rings. The van der Waals surface area contributed by atoms with Crippen molar-refractivity contribution in [3.05, 3.63) is 12.2 Å². The van der Waals surface area contributed by atoms with Crippen LogP contribution in [0.3, 0.4) is 0 Å². The number of hydrogen-bond acceptors (Lipinski definition) is 6. The third-order valence-electron chi connectivity index (χ3n) is 3.18. The molecule has 6 nitrogen and oxygen atoms in total. The lowest BCUT2D eigenvalue weighted by Crippen LogP contribution is -2.52. The van der Waals surface area contributed by atoms with Gasteiger partial charge in [0, 0.05) is 6.61 Å². The number of esters is 1. The van der Waals surface area contributed by atoms with Gasteiger partial charge in [0.25, 0.3) is 0 Å². The average Bonchev–Trinajstić information content (AvgIpc) is 2.45. The predicted molar refractivity (Wildman–Crippen MR) is 117 cm³/mol. The quantitative estimate of drug-likeness (QED) is 0.165. The minimum absolute atomic E-state index is 0.168. The molecule has 0 aliphatic carbocycles. The van der Waals surface area contributed by atoms with Crippen molar-refractivity contribution in [2.24, 2.45) is 0 Å². The molecule has 0 spiro atoms. The van der Waals surface area contributed by atoms with Crippen molar-refractivity contribution >= 4 is 31.2 Å². The van der Waals surface area contributed by atoms with Crippen molar-refractivity contribution in [2.45, 2.75) is 65.2 Å². The van der Waals surface area contributed by atoms with E-state index < -0.39 is 31.2 Å². The van der Waals surface area contributed by atoms with E-state index in [0.29, 0.717) is 32.0 Å². The minimum Gasteiger partial charge on any atom is -0.463 e. The van der Waals surface area contributed by atoms with E-state index in [0.717, 1.165) is 12.5 Å². The summed E-state index contributed by atoms with van der Waals surface area (Å²) in [4.78, 5) is 11.4. The highest BCUT2D eigenvalue weighted by molar-refractivity contribution is 6.87. The molecule has 0 amide bonds. The molecule has 0 aliphatic rings. The van der Waals surface area contributed by atoms with Gasteiger partial charge < -0.3 is 22.4 Å². The summed E-state index contributed by atoms with van der Waals surface area (Å²) in [5.74, 6) is -0.410. The number of hydrogen-bond donors (Lipinski definition) is 0. The second-order valence-electron chi connectivity index (χ2n) is 8.66. The highest BCUT2D eigenvalue weighted by atomic mass is 28.5. The van der Waals surface area contributed by atoms with Crippen molar-refractivity contribution < 1.29 is 27.2 Å². The van der Waals surface area contributed by atoms with Gasteiger partial charge in [-0.2, -0.15) is 0 Å². The van der Waals surface area contributed by atoms with Gasteiger partial charge in [-0.05, 0) is 65.2 Å². The molecule has 0 aliphatic heterocycles. The molecule has 0 rings (SSSR count). The first-order chi connectivity index (χ1) is 12.3. The van der Waals surface area contributed by atoms with E-state index in [9.17, 15) is 4.79 Å². The molecule has 0 saturated carbocycles. The fourth-order valence-electron chi connectivity index (χ4n) is 2.62. The van der Waals surface area contributed by atoms with Gasteiger partial charge in [0.05, 0.1) is 32.0 Å². The number of carbonyl (C=O) groups is 1. The van der Waals surface area contributed by atoms with Gasteiger partial charge in [-0.15, -0.1) is 0 Å². The molecule has 0 saturated heterocycles. The molecule has 27 heavy (non-hydrogen) atoms. The molecule has 0 heterocycles. The van der Waals surface area contributed by atoms with Crippen molar-refractivity contribution in [3.63, 3.8) is 0 Å². The van der Waals surface area contributed by atoms with E-state index in [-0.39, 0.29) is 6.61 Å². The van der Waals surface area contributed by atoms with Crippen LogP contribution in [0.1, 0.15) is 13.3 Å². The predicted octanol–water partition coefficient (Wildman–Crippen LogP) is 4.30. The topological polar surface area (TPSA) is 63.2 Å². The average molecular weight is 437 g/mol. The van der Waals surface area contributed by atoms with Gasteiger partial charge in [-0.25, -0.2) is 4.79 Å². The van der Waals surface area contributed by atoms with Crippen LogP contribution in [-0.2, 0) is 27.2 Å². The molecular formula is C18H40O6Si3. The summed E-state index contributed by atoms with van der Waals surface area (Å²) in [5.41, 5.74) is 0.325. The standard InChI is InChI=1S/C18H40O6Si3/c1-10-22-18(19)17(2)16-21-14-13-20-12-11-15-27(9,23-25(3,4)5)24-26(6,7)8/h2,10-16H2,1,3-9H3. The Morgan fingerprint density at radius 3 is 1.85 bits per heavy atom. The number of carbonyl (C=O) groups excluding carboxylic acids is 1. The Hall–Kier alpha value is -0.299. The Morgan fingerprint density at radius 1 is 0.852 bits per heavy atom. The summed E-state index contributed by atoms with van der Waals surface area (Å²) in [5, 5.41) is 0. The summed E-state index contributed by atoms with van der Waals surface area (Å²) < 4.78 is 28.8. The molecule has 160 valence electrons. The van der Waals surface area contributed by atoms with Crippen LogP contribution in [0.5, 0.6) is 0 Å². The van der Waals surface area contributed by atoms with Crippen LogP contribution < -0.4 is 0 Å². The Labute approximate surface area is 169 Å².